The largest absolute Gasteiger partial charge is 0.416 e. The highest BCUT2D eigenvalue weighted by atomic mass is 35.5. The van der Waals surface area contributed by atoms with Crippen LogP contribution in [0.4, 0.5) is 18.9 Å². The predicted octanol–water partition coefficient (Wildman–Crippen LogP) is 3.92. The van der Waals surface area contributed by atoms with Crippen LogP contribution in [-0.2, 0) is 15.8 Å². The molecule has 2 bridgehead atoms. The molecule has 1 aromatic carbocycles. The summed E-state index contributed by atoms with van der Waals surface area (Å²) in [6.45, 7) is 0. The molecule has 0 radical (unpaired) electrons. The molecular weight excluding hydrogens is 355 g/mol. The molecule has 2 amide bonds. The maximum atomic E-state index is 13.0. The van der Waals surface area contributed by atoms with Crippen LogP contribution >= 0.6 is 11.6 Å². The van der Waals surface area contributed by atoms with E-state index in [0.717, 1.165) is 29.5 Å². The zero-order valence-electron chi connectivity index (χ0n) is 12.8. The van der Waals surface area contributed by atoms with Gasteiger partial charge in [-0.3, -0.25) is 9.59 Å². The van der Waals surface area contributed by atoms with Gasteiger partial charge in [-0.2, -0.15) is 13.2 Å². The van der Waals surface area contributed by atoms with Crippen molar-refractivity contribution in [3.63, 3.8) is 0 Å². The van der Waals surface area contributed by atoms with Crippen molar-refractivity contribution in [1.82, 2.24) is 0 Å². The summed E-state index contributed by atoms with van der Waals surface area (Å²) >= 11 is 6.05. The number of rotatable bonds is 1. The first-order valence-electron chi connectivity index (χ1n) is 8.22. The van der Waals surface area contributed by atoms with Crippen molar-refractivity contribution in [2.45, 2.75) is 12.6 Å². The number of hydrogen-bond donors (Lipinski definition) is 0. The van der Waals surface area contributed by atoms with Crippen LogP contribution in [0, 0.1) is 35.5 Å². The summed E-state index contributed by atoms with van der Waals surface area (Å²) in [4.78, 5) is 26.8. The Morgan fingerprint density at radius 3 is 2.08 bits per heavy atom. The van der Waals surface area contributed by atoms with E-state index in [2.05, 4.69) is 0 Å². The third-order valence-corrected chi connectivity index (χ3v) is 6.50. The first-order chi connectivity index (χ1) is 11.8. The average molecular weight is 368 g/mol. The fraction of sp³-hybridized carbons (Fsp3) is 0.444. The molecule has 0 N–H and O–H groups in total. The number of nitrogens with zero attached hydrogens (tertiary/aromatic N) is 1. The van der Waals surface area contributed by atoms with E-state index in [4.69, 9.17) is 11.6 Å². The molecule has 0 spiro atoms. The van der Waals surface area contributed by atoms with Crippen molar-refractivity contribution < 1.29 is 22.8 Å². The van der Waals surface area contributed by atoms with E-state index in [9.17, 15) is 22.8 Å². The number of anilines is 1. The van der Waals surface area contributed by atoms with Crippen molar-refractivity contribution in [3.05, 3.63) is 40.9 Å². The van der Waals surface area contributed by atoms with Crippen LogP contribution in [-0.4, -0.2) is 11.8 Å². The second-order valence-corrected chi connectivity index (χ2v) is 7.74. The Bertz CT molecular complexity index is 813. The van der Waals surface area contributed by atoms with E-state index >= 15 is 0 Å². The van der Waals surface area contributed by atoms with Crippen LogP contribution in [0.5, 0.6) is 0 Å². The molecule has 130 valence electrons. The highest BCUT2D eigenvalue weighted by Crippen LogP contribution is 2.65. The van der Waals surface area contributed by atoms with Gasteiger partial charge in [-0.1, -0.05) is 23.8 Å². The third-order valence-electron chi connectivity index (χ3n) is 6.18. The van der Waals surface area contributed by atoms with Gasteiger partial charge in [0.1, 0.15) is 0 Å². The monoisotopic (exact) mass is 367 g/mol. The highest BCUT2D eigenvalue weighted by Gasteiger charge is 2.67. The van der Waals surface area contributed by atoms with Gasteiger partial charge in [0.15, 0.2) is 0 Å². The number of allylic oxidation sites excluding steroid dienone is 2. The molecule has 2 saturated carbocycles. The summed E-state index contributed by atoms with van der Waals surface area (Å²) in [7, 11) is 0. The Hall–Kier alpha value is -1.82. The van der Waals surface area contributed by atoms with Crippen molar-refractivity contribution in [1.29, 1.82) is 0 Å². The van der Waals surface area contributed by atoms with Crippen molar-refractivity contribution >= 4 is 29.1 Å². The molecule has 0 unspecified atom stereocenters. The minimum Gasteiger partial charge on any atom is -0.274 e. The van der Waals surface area contributed by atoms with Crippen LogP contribution in [0.2, 0.25) is 5.02 Å². The highest BCUT2D eigenvalue weighted by molar-refractivity contribution is 6.36. The van der Waals surface area contributed by atoms with E-state index in [-0.39, 0.29) is 22.5 Å². The van der Waals surface area contributed by atoms with Gasteiger partial charge in [-0.05, 0) is 48.3 Å². The zero-order chi connectivity index (χ0) is 17.7. The molecule has 4 aliphatic carbocycles. The van der Waals surface area contributed by atoms with Gasteiger partial charge < -0.3 is 0 Å². The molecule has 1 aliphatic heterocycles. The summed E-state index contributed by atoms with van der Waals surface area (Å²) in [6, 6.07) is 2.74. The fourth-order valence-electron chi connectivity index (χ4n) is 5.05. The van der Waals surface area contributed by atoms with Crippen LogP contribution in [0.15, 0.2) is 30.4 Å². The van der Waals surface area contributed by atoms with Crippen LogP contribution in [0.1, 0.15) is 12.0 Å². The minimum atomic E-state index is -4.57. The summed E-state index contributed by atoms with van der Waals surface area (Å²) in [5, 5.41) is -0.0289. The summed E-state index contributed by atoms with van der Waals surface area (Å²) in [6.07, 6.45) is 0.491. The first-order valence-corrected chi connectivity index (χ1v) is 8.59. The van der Waals surface area contributed by atoms with Gasteiger partial charge in [0.05, 0.1) is 28.1 Å². The summed E-state index contributed by atoms with van der Waals surface area (Å²) in [5.74, 6) is -0.845. The molecule has 0 aromatic heterocycles. The Balaban J connectivity index is 1.59. The number of alkyl halides is 3. The molecule has 1 saturated heterocycles. The number of hydrogen-bond acceptors (Lipinski definition) is 2. The lowest BCUT2D eigenvalue weighted by Crippen LogP contribution is -2.40. The number of amides is 2. The van der Waals surface area contributed by atoms with Crippen LogP contribution < -0.4 is 4.90 Å². The van der Waals surface area contributed by atoms with Crippen molar-refractivity contribution in [3.8, 4) is 0 Å². The lowest BCUT2D eigenvalue weighted by atomic mass is 9.63. The molecule has 1 aromatic rings. The average Bonchev–Trinajstić information content (AvgIpc) is 3.32. The van der Waals surface area contributed by atoms with Gasteiger partial charge in [-0.15, -0.1) is 0 Å². The van der Waals surface area contributed by atoms with E-state index in [0.29, 0.717) is 11.8 Å². The van der Waals surface area contributed by atoms with Crippen LogP contribution in [0.3, 0.4) is 0 Å². The van der Waals surface area contributed by atoms with Crippen molar-refractivity contribution in [2.24, 2.45) is 35.5 Å². The van der Waals surface area contributed by atoms with E-state index in [1.807, 2.05) is 12.2 Å². The minimum absolute atomic E-state index is 0.0195. The maximum absolute atomic E-state index is 13.0. The smallest absolute Gasteiger partial charge is 0.274 e. The topological polar surface area (TPSA) is 37.4 Å². The van der Waals surface area contributed by atoms with Crippen LogP contribution in [0.25, 0.3) is 0 Å². The third kappa shape index (κ3) is 1.94. The summed E-state index contributed by atoms with van der Waals surface area (Å²) in [5.41, 5.74) is -1.08. The van der Waals surface area contributed by atoms with Gasteiger partial charge in [0.25, 0.3) is 0 Å². The number of carbonyl (C=O) groups is 2. The maximum Gasteiger partial charge on any atom is 0.416 e. The number of benzene rings is 1. The second kappa shape index (κ2) is 4.67. The van der Waals surface area contributed by atoms with E-state index in [1.165, 1.54) is 0 Å². The molecule has 3 fully saturated rings. The molecular formula is C18H13ClF3NO2. The molecule has 6 rings (SSSR count). The normalized spacial score (nSPS) is 38.2. The molecule has 3 nitrogen and oxygen atoms in total. The summed E-state index contributed by atoms with van der Waals surface area (Å²) < 4.78 is 39.1. The Morgan fingerprint density at radius 2 is 1.56 bits per heavy atom. The van der Waals surface area contributed by atoms with E-state index < -0.39 is 35.4 Å². The number of carbonyl (C=O) groups excluding carboxylic acids is 2. The SMILES string of the molecule is O=C1[C@H]2[C@@H]3C=C[C@@H]([C@H]4C[C@H]34)[C@@H]2C(=O)N1c1cc(C(F)(F)F)ccc1Cl. The van der Waals surface area contributed by atoms with Gasteiger partial charge in [-0.25, -0.2) is 4.90 Å². The molecule has 1 heterocycles. The number of halogens is 4. The lowest BCUT2D eigenvalue weighted by Gasteiger charge is -2.37. The standard InChI is InChI=1S/C18H13ClF3NO2/c19-12-4-1-7(18(20,21)22)5-13(12)23-16(24)14-8-2-3-9(11-6-10(8)11)15(14)17(23)25/h1-5,8-11,14-15H,6H2/t8-,9+,10-,11-,14+,15+/m1/s1. The van der Waals surface area contributed by atoms with Gasteiger partial charge in [0.2, 0.25) is 11.8 Å². The van der Waals surface area contributed by atoms with Gasteiger partial charge >= 0.3 is 6.18 Å². The quantitative estimate of drug-likeness (QED) is 0.557. The molecule has 25 heavy (non-hydrogen) atoms. The van der Waals surface area contributed by atoms with Gasteiger partial charge in [0, 0.05) is 0 Å². The zero-order valence-corrected chi connectivity index (χ0v) is 13.6. The Morgan fingerprint density at radius 1 is 1.00 bits per heavy atom. The molecule has 5 aliphatic rings. The predicted molar refractivity (Wildman–Crippen MR) is 83.6 cm³/mol. The lowest BCUT2D eigenvalue weighted by molar-refractivity contribution is -0.137. The Kier molecular flexibility index (Phi) is 2.88. The van der Waals surface area contributed by atoms with E-state index in [1.54, 1.807) is 0 Å². The second-order valence-electron chi connectivity index (χ2n) is 7.33. The molecule has 7 heteroatoms. The fourth-order valence-corrected chi connectivity index (χ4v) is 5.26. The first kappa shape index (κ1) is 15.4. The number of imide groups is 1. The molecule has 6 atom stereocenters. The van der Waals surface area contributed by atoms with Crippen molar-refractivity contribution in [2.75, 3.05) is 4.90 Å². The Labute approximate surface area is 146 Å².